The van der Waals surface area contributed by atoms with Crippen LogP contribution in [0.2, 0.25) is 0 Å². The maximum absolute atomic E-state index is 10.6. The number of phenols is 1. The number of carbonyl (C=O) groups is 2. The third-order valence-electron chi connectivity index (χ3n) is 2.80. The number of carboxylic acids is 1. The number of carboxylic acid groups (broad SMARTS) is 1. The van der Waals surface area contributed by atoms with E-state index in [1.54, 1.807) is 6.92 Å². The van der Waals surface area contributed by atoms with Crippen LogP contribution in [0.4, 0.5) is 5.69 Å². The number of nitrogens with two attached hydrogens (primary N) is 2. The molecule has 0 aliphatic carbocycles. The predicted molar refractivity (Wildman–Crippen MR) is 92.5 cm³/mol. The SMILES string of the molecule is CCOC(=O)[C@@H](N)CS.N[C@@H](Cc1ccc(O)c([N+](=O)[O-])c1)C(=O)O. The van der Waals surface area contributed by atoms with Gasteiger partial charge < -0.3 is 26.4 Å². The monoisotopic (exact) mass is 375 g/mol. The van der Waals surface area contributed by atoms with Gasteiger partial charge in [0.05, 0.1) is 11.5 Å². The summed E-state index contributed by atoms with van der Waals surface area (Å²) in [6.45, 7) is 2.11. The molecule has 0 saturated carbocycles. The normalized spacial score (nSPS) is 12.3. The molecule has 0 unspecified atom stereocenters. The molecule has 25 heavy (non-hydrogen) atoms. The molecular weight excluding hydrogens is 354 g/mol. The maximum atomic E-state index is 10.6. The molecule has 0 bridgehead atoms. The number of esters is 1. The van der Waals surface area contributed by atoms with Crippen LogP contribution in [0, 0.1) is 10.1 Å². The van der Waals surface area contributed by atoms with Crippen LogP contribution < -0.4 is 11.5 Å². The van der Waals surface area contributed by atoms with Gasteiger partial charge in [0.25, 0.3) is 0 Å². The topological polar surface area (TPSA) is 179 Å². The van der Waals surface area contributed by atoms with Gasteiger partial charge in [-0.25, -0.2) is 0 Å². The number of phenolic OH excluding ortho intramolecular Hbond substituents is 1. The number of nitrogens with zero attached hydrogens (tertiary/aromatic N) is 1. The number of ether oxygens (including phenoxy) is 1. The standard InChI is InChI=1S/C9H10N2O5.C5H11NO2S/c10-6(9(13)14)3-5-1-2-8(12)7(4-5)11(15)16;1-2-8-5(7)4(6)3-9/h1-2,4,6,12H,3,10H2,(H,13,14);4,9H,2-3,6H2,1H3/t6-;4-/m00/s1. The largest absolute Gasteiger partial charge is 0.502 e. The molecule has 0 aliphatic rings. The molecule has 0 amide bonds. The van der Waals surface area contributed by atoms with E-state index in [0.29, 0.717) is 17.9 Å². The van der Waals surface area contributed by atoms with Crippen molar-refractivity contribution in [1.29, 1.82) is 0 Å². The number of carbonyl (C=O) groups excluding carboxylic acids is 1. The number of nitro benzene ring substituents is 1. The van der Waals surface area contributed by atoms with Gasteiger partial charge in [0, 0.05) is 11.8 Å². The summed E-state index contributed by atoms with van der Waals surface area (Å²) in [5, 5.41) is 28.2. The van der Waals surface area contributed by atoms with Crippen LogP contribution >= 0.6 is 12.6 Å². The summed E-state index contributed by atoms with van der Waals surface area (Å²) in [7, 11) is 0. The average Bonchev–Trinajstić information content (AvgIpc) is 2.56. The highest BCUT2D eigenvalue weighted by molar-refractivity contribution is 7.80. The lowest BCUT2D eigenvalue weighted by molar-refractivity contribution is -0.385. The van der Waals surface area contributed by atoms with Crippen LogP contribution in [-0.2, 0) is 20.7 Å². The predicted octanol–water partition coefficient (Wildman–Crippen LogP) is 0.0614. The number of hydrogen-bond acceptors (Lipinski definition) is 9. The third kappa shape index (κ3) is 8.33. The first-order valence-corrected chi connectivity index (χ1v) is 7.74. The number of benzene rings is 1. The lowest BCUT2D eigenvalue weighted by Gasteiger charge is -2.06. The Morgan fingerprint density at radius 3 is 2.40 bits per heavy atom. The van der Waals surface area contributed by atoms with E-state index in [1.165, 1.54) is 6.07 Å². The minimum absolute atomic E-state index is 0.0313. The highest BCUT2D eigenvalue weighted by atomic mass is 32.1. The Hall–Kier alpha value is -2.37. The van der Waals surface area contributed by atoms with Gasteiger partial charge in [0.1, 0.15) is 12.1 Å². The summed E-state index contributed by atoms with van der Waals surface area (Å²) in [5.74, 6) is -1.69. The van der Waals surface area contributed by atoms with Crippen LogP contribution in [0.1, 0.15) is 12.5 Å². The molecule has 0 fully saturated rings. The number of aromatic hydroxyl groups is 1. The molecule has 0 heterocycles. The molecule has 0 spiro atoms. The minimum Gasteiger partial charge on any atom is -0.502 e. The zero-order valence-electron chi connectivity index (χ0n) is 13.5. The molecular formula is C14H21N3O7S. The van der Waals surface area contributed by atoms with Gasteiger partial charge in [0.15, 0.2) is 5.75 Å². The quantitative estimate of drug-likeness (QED) is 0.191. The van der Waals surface area contributed by atoms with Crippen LogP contribution in [0.25, 0.3) is 0 Å². The fraction of sp³-hybridized carbons (Fsp3) is 0.429. The van der Waals surface area contributed by atoms with E-state index in [1.807, 2.05) is 0 Å². The zero-order chi connectivity index (χ0) is 19.6. The van der Waals surface area contributed by atoms with E-state index in [-0.39, 0.29) is 12.4 Å². The van der Waals surface area contributed by atoms with E-state index >= 15 is 0 Å². The number of aliphatic carboxylic acids is 1. The molecule has 0 aromatic heterocycles. The summed E-state index contributed by atoms with van der Waals surface area (Å²) < 4.78 is 4.58. The Morgan fingerprint density at radius 1 is 1.36 bits per heavy atom. The Labute approximate surface area is 149 Å². The van der Waals surface area contributed by atoms with Crippen molar-refractivity contribution in [1.82, 2.24) is 0 Å². The van der Waals surface area contributed by atoms with Crippen molar-refractivity contribution >= 4 is 30.3 Å². The first-order valence-electron chi connectivity index (χ1n) is 7.11. The van der Waals surface area contributed by atoms with Crippen molar-refractivity contribution in [2.24, 2.45) is 11.5 Å². The number of rotatable bonds is 7. The van der Waals surface area contributed by atoms with Gasteiger partial charge in [-0.2, -0.15) is 12.6 Å². The van der Waals surface area contributed by atoms with Gasteiger partial charge in [-0.3, -0.25) is 19.7 Å². The molecule has 1 aromatic carbocycles. The van der Waals surface area contributed by atoms with Gasteiger partial charge in [-0.1, -0.05) is 6.07 Å². The van der Waals surface area contributed by atoms with Crippen molar-refractivity contribution < 1.29 is 29.5 Å². The van der Waals surface area contributed by atoms with Gasteiger partial charge in [-0.15, -0.1) is 0 Å². The van der Waals surface area contributed by atoms with E-state index in [4.69, 9.17) is 21.7 Å². The highest BCUT2D eigenvalue weighted by Gasteiger charge is 2.17. The second-order valence-corrected chi connectivity index (χ2v) is 5.14. The van der Waals surface area contributed by atoms with E-state index in [2.05, 4.69) is 17.4 Å². The highest BCUT2D eigenvalue weighted by Crippen LogP contribution is 2.26. The van der Waals surface area contributed by atoms with Crippen molar-refractivity contribution in [3.63, 3.8) is 0 Å². The number of hydrogen-bond donors (Lipinski definition) is 5. The maximum Gasteiger partial charge on any atom is 0.323 e. The molecule has 6 N–H and O–H groups in total. The van der Waals surface area contributed by atoms with Crippen LogP contribution in [0.3, 0.4) is 0 Å². The summed E-state index contributed by atoms with van der Waals surface area (Å²) >= 11 is 3.82. The Morgan fingerprint density at radius 2 is 1.96 bits per heavy atom. The molecule has 10 nitrogen and oxygen atoms in total. The molecule has 0 saturated heterocycles. The molecule has 1 aromatic rings. The van der Waals surface area contributed by atoms with Crippen molar-refractivity contribution in [3.8, 4) is 5.75 Å². The molecule has 0 radical (unpaired) electrons. The zero-order valence-corrected chi connectivity index (χ0v) is 14.4. The van der Waals surface area contributed by atoms with Crippen LogP contribution in [0.5, 0.6) is 5.75 Å². The third-order valence-corrected chi connectivity index (χ3v) is 3.19. The molecule has 1 rings (SSSR count). The fourth-order valence-electron chi connectivity index (χ4n) is 1.51. The Balaban J connectivity index is 0.000000547. The lowest BCUT2D eigenvalue weighted by atomic mass is 10.1. The molecule has 140 valence electrons. The van der Waals surface area contributed by atoms with E-state index < -0.39 is 34.4 Å². The minimum atomic E-state index is -1.18. The summed E-state index contributed by atoms with van der Waals surface area (Å²) in [5.41, 5.74) is 10.5. The summed E-state index contributed by atoms with van der Waals surface area (Å²) in [4.78, 5) is 30.8. The first kappa shape index (κ1) is 22.6. The van der Waals surface area contributed by atoms with Crippen LogP contribution in [0.15, 0.2) is 18.2 Å². The Bertz CT molecular complexity index is 612. The second-order valence-electron chi connectivity index (χ2n) is 4.77. The first-order chi connectivity index (χ1) is 11.6. The fourth-order valence-corrected chi connectivity index (χ4v) is 1.66. The summed E-state index contributed by atoms with van der Waals surface area (Å²) in [6.07, 6.45) is -0.0313. The molecule has 11 heteroatoms. The van der Waals surface area contributed by atoms with Crippen molar-refractivity contribution in [3.05, 3.63) is 33.9 Å². The second kappa shape index (κ2) is 11.2. The van der Waals surface area contributed by atoms with Gasteiger partial charge in [0.2, 0.25) is 0 Å². The smallest absolute Gasteiger partial charge is 0.323 e. The van der Waals surface area contributed by atoms with Crippen molar-refractivity contribution in [2.75, 3.05) is 12.4 Å². The van der Waals surface area contributed by atoms with Gasteiger partial charge >= 0.3 is 17.6 Å². The van der Waals surface area contributed by atoms with Crippen molar-refractivity contribution in [2.45, 2.75) is 25.4 Å². The lowest BCUT2D eigenvalue weighted by Crippen LogP contribution is -2.33. The average molecular weight is 375 g/mol. The number of thiol groups is 1. The van der Waals surface area contributed by atoms with E-state index in [0.717, 1.165) is 12.1 Å². The number of nitro groups is 1. The molecule has 0 aliphatic heterocycles. The summed E-state index contributed by atoms with van der Waals surface area (Å²) in [6, 6.07) is 1.95. The Kier molecular flexibility index (Phi) is 10.2. The van der Waals surface area contributed by atoms with Crippen LogP contribution in [-0.4, -0.2) is 51.5 Å². The van der Waals surface area contributed by atoms with Gasteiger partial charge in [-0.05, 0) is 25.0 Å². The van der Waals surface area contributed by atoms with E-state index in [9.17, 15) is 19.7 Å². The molecule has 2 atom stereocenters.